The van der Waals surface area contributed by atoms with Crippen molar-refractivity contribution in [1.82, 2.24) is 4.98 Å². The van der Waals surface area contributed by atoms with Gasteiger partial charge < -0.3 is 4.74 Å². The number of ether oxygens (including phenoxy) is 1. The van der Waals surface area contributed by atoms with Crippen LogP contribution in [0.1, 0.15) is 49.7 Å². The third kappa shape index (κ3) is 3.06. The quantitative estimate of drug-likeness (QED) is 0.751. The summed E-state index contributed by atoms with van der Waals surface area (Å²) in [6, 6.07) is 0. The normalized spacial score (nSPS) is 28.5. The molecule has 0 spiro atoms. The van der Waals surface area contributed by atoms with Gasteiger partial charge >= 0.3 is 0 Å². The highest BCUT2D eigenvalue weighted by Gasteiger charge is 2.38. The molecule has 1 saturated carbocycles. The molecule has 0 saturated heterocycles. The van der Waals surface area contributed by atoms with E-state index in [-0.39, 0.29) is 5.60 Å². The van der Waals surface area contributed by atoms with Gasteiger partial charge in [-0.25, -0.2) is 4.98 Å². The van der Waals surface area contributed by atoms with Crippen molar-refractivity contribution in [1.29, 1.82) is 0 Å². The topological polar surface area (TPSA) is 22.1 Å². The summed E-state index contributed by atoms with van der Waals surface area (Å²) < 4.78 is 5.85. The molecule has 1 aliphatic rings. The molecule has 0 radical (unpaired) electrons. The molecule has 2 rings (SSSR count). The molecule has 0 amide bonds. The largest absolute Gasteiger partial charge is 0.371 e. The summed E-state index contributed by atoms with van der Waals surface area (Å²) in [6.45, 7) is 2.33. The minimum absolute atomic E-state index is 0.115. The zero-order valence-corrected chi connectivity index (χ0v) is 12.8. The fourth-order valence-corrected chi connectivity index (χ4v) is 3.84. The van der Waals surface area contributed by atoms with E-state index in [9.17, 15) is 0 Å². The molecule has 1 heterocycles. The van der Waals surface area contributed by atoms with Crippen LogP contribution in [-0.4, -0.2) is 18.0 Å². The van der Waals surface area contributed by atoms with Crippen LogP contribution in [0.2, 0.25) is 0 Å². The van der Waals surface area contributed by atoms with E-state index >= 15 is 0 Å². The van der Waals surface area contributed by atoms with Gasteiger partial charge in [0.15, 0.2) is 0 Å². The molecule has 1 fully saturated rings. The van der Waals surface area contributed by atoms with Gasteiger partial charge in [0.05, 0.1) is 5.69 Å². The summed E-state index contributed by atoms with van der Waals surface area (Å²) >= 11 is 7.48. The molecule has 0 unspecified atom stereocenters. The monoisotopic (exact) mass is 287 g/mol. The van der Waals surface area contributed by atoms with Crippen molar-refractivity contribution in [2.24, 2.45) is 5.92 Å². The lowest BCUT2D eigenvalue weighted by Crippen LogP contribution is -2.33. The van der Waals surface area contributed by atoms with Crippen LogP contribution in [0.5, 0.6) is 0 Å². The van der Waals surface area contributed by atoms with E-state index in [4.69, 9.17) is 21.3 Å². The molecule has 1 aromatic heterocycles. The first-order valence-electron chi connectivity index (χ1n) is 6.76. The van der Waals surface area contributed by atoms with Gasteiger partial charge in [-0.15, -0.1) is 22.9 Å². The molecule has 1 aliphatic carbocycles. The number of hydrogen-bond acceptors (Lipinski definition) is 3. The molecule has 0 bridgehead atoms. The first-order valence-corrected chi connectivity index (χ1v) is 8.17. The van der Waals surface area contributed by atoms with Crippen molar-refractivity contribution < 1.29 is 4.74 Å². The minimum atomic E-state index is -0.115. The van der Waals surface area contributed by atoms with E-state index in [1.54, 1.807) is 11.3 Å². The highest BCUT2D eigenvalue weighted by Crippen LogP contribution is 2.43. The maximum atomic E-state index is 5.85. The first-order chi connectivity index (χ1) is 8.70. The standard InChI is InChI=1S/C14H22ClNOS/c1-11-5-7-14(17-2,8-6-11)13-16-12(10-18-13)4-3-9-15/h10-11H,3-9H2,1-2H3. The van der Waals surface area contributed by atoms with Crippen LogP contribution in [0.3, 0.4) is 0 Å². The van der Waals surface area contributed by atoms with E-state index in [0.29, 0.717) is 5.88 Å². The average Bonchev–Trinajstić information content (AvgIpc) is 2.87. The van der Waals surface area contributed by atoms with Crippen LogP contribution in [0.25, 0.3) is 0 Å². The van der Waals surface area contributed by atoms with Crippen molar-refractivity contribution in [2.75, 3.05) is 13.0 Å². The van der Waals surface area contributed by atoms with Crippen LogP contribution in [0.15, 0.2) is 5.38 Å². The zero-order valence-electron chi connectivity index (χ0n) is 11.2. The number of thiazole rings is 1. The van der Waals surface area contributed by atoms with Gasteiger partial charge in [0.25, 0.3) is 0 Å². The second-order valence-corrected chi connectivity index (χ2v) is 6.55. The van der Waals surface area contributed by atoms with Gasteiger partial charge in [0.2, 0.25) is 0 Å². The molecule has 102 valence electrons. The van der Waals surface area contributed by atoms with E-state index in [1.165, 1.54) is 23.5 Å². The van der Waals surface area contributed by atoms with E-state index in [0.717, 1.165) is 31.6 Å². The summed E-state index contributed by atoms with van der Waals surface area (Å²) in [4.78, 5) is 4.77. The van der Waals surface area contributed by atoms with Crippen LogP contribution in [0, 0.1) is 5.92 Å². The Hall–Kier alpha value is -0.120. The Balaban J connectivity index is 2.09. The Morgan fingerprint density at radius 3 is 2.83 bits per heavy atom. The molecule has 1 aromatic rings. The van der Waals surface area contributed by atoms with E-state index < -0.39 is 0 Å². The Morgan fingerprint density at radius 2 is 2.22 bits per heavy atom. The summed E-state index contributed by atoms with van der Waals surface area (Å²) in [7, 11) is 1.83. The van der Waals surface area contributed by atoms with Crippen LogP contribution >= 0.6 is 22.9 Å². The number of rotatable bonds is 5. The molecule has 0 N–H and O–H groups in total. The Labute approximate surface area is 119 Å². The van der Waals surface area contributed by atoms with Crippen molar-refractivity contribution in [3.8, 4) is 0 Å². The van der Waals surface area contributed by atoms with Gasteiger partial charge in [-0.3, -0.25) is 0 Å². The van der Waals surface area contributed by atoms with Gasteiger partial charge in [-0.1, -0.05) is 6.92 Å². The lowest BCUT2D eigenvalue weighted by molar-refractivity contribution is -0.0531. The summed E-state index contributed by atoms with van der Waals surface area (Å²) in [5.41, 5.74) is 1.06. The van der Waals surface area contributed by atoms with Gasteiger partial charge in [0.1, 0.15) is 10.6 Å². The third-order valence-electron chi connectivity index (χ3n) is 3.98. The SMILES string of the molecule is COC1(c2nc(CCCCl)cs2)CCC(C)CC1. The van der Waals surface area contributed by atoms with Crippen molar-refractivity contribution >= 4 is 22.9 Å². The minimum Gasteiger partial charge on any atom is -0.371 e. The van der Waals surface area contributed by atoms with Crippen LogP contribution in [-0.2, 0) is 16.8 Å². The number of aromatic nitrogens is 1. The van der Waals surface area contributed by atoms with Crippen molar-refractivity contribution in [3.63, 3.8) is 0 Å². The predicted octanol–water partition coefficient (Wildman–Crippen LogP) is 4.37. The van der Waals surface area contributed by atoms with E-state index in [2.05, 4.69) is 12.3 Å². The molecule has 4 heteroatoms. The van der Waals surface area contributed by atoms with E-state index in [1.807, 2.05) is 7.11 Å². The van der Waals surface area contributed by atoms with Crippen LogP contribution in [0.4, 0.5) is 0 Å². The summed E-state index contributed by atoms with van der Waals surface area (Å²) in [5, 5.41) is 3.34. The summed E-state index contributed by atoms with van der Waals surface area (Å²) in [5.74, 6) is 1.53. The molecular formula is C14H22ClNOS. The Morgan fingerprint density at radius 1 is 1.50 bits per heavy atom. The highest BCUT2D eigenvalue weighted by molar-refractivity contribution is 7.09. The molecule has 0 atom stereocenters. The number of alkyl halides is 1. The third-order valence-corrected chi connectivity index (χ3v) is 5.32. The zero-order chi connectivity index (χ0) is 13.0. The van der Waals surface area contributed by atoms with Gasteiger partial charge in [-0.05, 0) is 44.4 Å². The lowest BCUT2D eigenvalue weighted by Gasteiger charge is -2.36. The number of halogens is 1. The average molecular weight is 288 g/mol. The summed E-state index contributed by atoms with van der Waals surface area (Å²) in [6.07, 6.45) is 6.67. The molecular weight excluding hydrogens is 266 g/mol. The highest BCUT2D eigenvalue weighted by atomic mass is 35.5. The molecule has 18 heavy (non-hydrogen) atoms. The van der Waals surface area contributed by atoms with Crippen LogP contribution < -0.4 is 0 Å². The fourth-order valence-electron chi connectivity index (χ4n) is 2.61. The Bertz CT molecular complexity index is 372. The Kier molecular flexibility index (Phi) is 5.05. The number of hydrogen-bond donors (Lipinski definition) is 0. The lowest BCUT2D eigenvalue weighted by atomic mass is 9.80. The fraction of sp³-hybridized carbons (Fsp3) is 0.786. The van der Waals surface area contributed by atoms with Gasteiger partial charge in [0, 0.05) is 18.4 Å². The maximum absolute atomic E-state index is 5.85. The number of aryl methyl sites for hydroxylation is 1. The number of nitrogens with zero attached hydrogens (tertiary/aromatic N) is 1. The smallest absolute Gasteiger partial charge is 0.125 e. The van der Waals surface area contributed by atoms with Crippen molar-refractivity contribution in [2.45, 2.75) is 51.0 Å². The number of methoxy groups -OCH3 is 1. The maximum Gasteiger partial charge on any atom is 0.125 e. The molecule has 2 nitrogen and oxygen atoms in total. The second-order valence-electron chi connectivity index (χ2n) is 5.32. The predicted molar refractivity (Wildman–Crippen MR) is 77.5 cm³/mol. The second kappa shape index (κ2) is 6.36. The van der Waals surface area contributed by atoms with Gasteiger partial charge in [-0.2, -0.15) is 0 Å². The molecule has 0 aliphatic heterocycles. The first kappa shape index (κ1) is 14.3. The van der Waals surface area contributed by atoms with Crippen molar-refractivity contribution in [3.05, 3.63) is 16.1 Å². The molecule has 0 aromatic carbocycles.